The van der Waals surface area contributed by atoms with Gasteiger partial charge in [-0.15, -0.1) is 0 Å². The highest BCUT2D eigenvalue weighted by atomic mass is 16.5. The molecular formula is C10H17N2O. The predicted molar refractivity (Wildman–Crippen MR) is 51.5 cm³/mol. The first-order valence-corrected chi connectivity index (χ1v) is 4.82. The van der Waals surface area contributed by atoms with Crippen LogP contribution in [-0.4, -0.2) is 22.8 Å². The molecule has 0 spiro atoms. The highest BCUT2D eigenvalue weighted by molar-refractivity contribution is 4.86. The zero-order valence-corrected chi connectivity index (χ0v) is 8.42. The molecule has 1 heterocycles. The summed E-state index contributed by atoms with van der Waals surface area (Å²) in [6, 6.07) is 0. The van der Waals surface area contributed by atoms with Crippen molar-refractivity contribution in [2.45, 2.75) is 33.2 Å². The van der Waals surface area contributed by atoms with E-state index >= 15 is 0 Å². The molecule has 0 unspecified atom stereocenters. The largest absolute Gasteiger partial charge is 0.381 e. The second-order valence-corrected chi connectivity index (χ2v) is 3.08. The first kappa shape index (κ1) is 10.3. The topological polar surface area (TPSA) is 27.1 Å². The van der Waals surface area contributed by atoms with Gasteiger partial charge in [-0.2, -0.15) is 0 Å². The van der Waals surface area contributed by atoms with Gasteiger partial charge in [-0.25, -0.2) is 4.98 Å². The number of nitrogens with zero attached hydrogens (tertiary/aromatic N) is 2. The number of ether oxygens (including phenoxy) is 1. The molecule has 0 aliphatic heterocycles. The number of aromatic nitrogens is 2. The van der Waals surface area contributed by atoms with Crippen LogP contribution in [0, 0.1) is 13.1 Å². The van der Waals surface area contributed by atoms with Crippen molar-refractivity contribution in [2.24, 2.45) is 0 Å². The lowest BCUT2D eigenvalue weighted by atomic mass is 10.4. The molecule has 0 N–H and O–H groups in total. The van der Waals surface area contributed by atoms with Crippen molar-refractivity contribution in [3.63, 3.8) is 0 Å². The Labute approximate surface area is 79.7 Å². The quantitative estimate of drug-likeness (QED) is 0.626. The predicted octanol–water partition coefficient (Wildman–Crippen LogP) is 1.81. The minimum Gasteiger partial charge on any atom is -0.381 e. The molecule has 1 aromatic heterocycles. The fourth-order valence-corrected chi connectivity index (χ4v) is 1.16. The van der Waals surface area contributed by atoms with Gasteiger partial charge in [-0.3, -0.25) is 0 Å². The number of aryl methyl sites for hydroxylation is 2. The summed E-state index contributed by atoms with van der Waals surface area (Å²) in [4.78, 5) is 4.03. The lowest BCUT2D eigenvalue weighted by Gasteiger charge is -2.04. The number of hydrogen-bond donors (Lipinski definition) is 0. The van der Waals surface area contributed by atoms with Crippen LogP contribution < -0.4 is 0 Å². The first-order chi connectivity index (χ1) is 6.34. The summed E-state index contributed by atoms with van der Waals surface area (Å²) >= 11 is 0. The second-order valence-electron chi connectivity index (χ2n) is 3.08. The van der Waals surface area contributed by atoms with E-state index in [1.54, 1.807) is 0 Å². The van der Waals surface area contributed by atoms with Crippen LogP contribution >= 0.6 is 0 Å². The second kappa shape index (κ2) is 5.75. The minimum absolute atomic E-state index is 0.839. The van der Waals surface area contributed by atoms with Gasteiger partial charge in [0.2, 0.25) is 0 Å². The van der Waals surface area contributed by atoms with Gasteiger partial charge in [0.25, 0.3) is 0 Å². The minimum atomic E-state index is 0.839. The smallest absolute Gasteiger partial charge is 0.109 e. The third-order valence-corrected chi connectivity index (χ3v) is 1.89. The van der Waals surface area contributed by atoms with Crippen molar-refractivity contribution in [1.82, 2.24) is 9.55 Å². The van der Waals surface area contributed by atoms with Crippen LogP contribution in [0.5, 0.6) is 0 Å². The molecule has 73 valence electrons. The molecule has 0 bridgehead atoms. The van der Waals surface area contributed by atoms with Crippen molar-refractivity contribution >= 4 is 0 Å². The first-order valence-electron chi connectivity index (χ1n) is 4.82. The Morgan fingerprint density at radius 2 is 2.38 bits per heavy atom. The van der Waals surface area contributed by atoms with Gasteiger partial charge in [-0.1, -0.05) is 6.92 Å². The van der Waals surface area contributed by atoms with Crippen LogP contribution in [0.1, 0.15) is 25.6 Å². The highest BCUT2D eigenvalue weighted by Crippen LogP contribution is 1.97. The Morgan fingerprint density at radius 3 is 3.00 bits per heavy atom. The van der Waals surface area contributed by atoms with Crippen LogP contribution in [-0.2, 0) is 11.3 Å². The molecule has 0 saturated heterocycles. The van der Waals surface area contributed by atoms with Gasteiger partial charge in [-0.05, 0) is 19.8 Å². The van der Waals surface area contributed by atoms with E-state index in [9.17, 15) is 0 Å². The zero-order valence-electron chi connectivity index (χ0n) is 8.42. The number of rotatable bonds is 6. The van der Waals surface area contributed by atoms with E-state index in [0.717, 1.165) is 38.4 Å². The standard InChI is InChI=1S/C10H17N2O/c1-3-8-13-9-4-6-12-7-5-11-10(12)2/h7H,3-4,6,8-9H2,1-2H3. The summed E-state index contributed by atoms with van der Waals surface area (Å²) in [5, 5.41) is 0. The van der Waals surface area contributed by atoms with E-state index in [1.807, 2.05) is 13.1 Å². The molecular weight excluding hydrogens is 164 g/mol. The van der Waals surface area contributed by atoms with Gasteiger partial charge in [0.15, 0.2) is 0 Å². The van der Waals surface area contributed by atoms with Crippen LogP contribution in [0.15, 0.2) is 6.20 Å². The van der Waals surface area contributed by atoms with Crippen molar-refractivity contribution < 1.29 is 4.74 Å². The summed E-state index contributed by atoms with van der Waals surface area (Å²) in [5.41, 5.74) is 0. The summed E-state index contributed by atoms with van der Waals surface area (Å²) in [7, 11) is 0. The van der Waals surface area contributed by atoms with Crippen LogP contribution in [0.4, 0.5) is 0 Å². The average Bonchev–Trinajstić information content (AvgIpc) is 2.52. The van der Waals surface area contributed by atoms with Crippen LogP contribution in [0.3, 0.4) is 0 Å². The summed E-state index contributed by atoms with van der Waals surface area (Å²) in [5.74, 6) is 1.02. The lowest BCUT2D eigenvalue weighted by Crippen LogP contribution is -2.03. The van der Waals surface area contributed by atoms with E-state index in [-0.39, 0.29) is 0 Å². The van der Waals surface area contributed by atoms with Gasteiger partial charge >= 0.3 is 0 Å². The van der Waals surface area contributed by atoms with E-state index in [2.05, 4.69) is 22.7 Å². The molecule has 0 aromatic carbocycles. The molecule has 0 aliphatic rings. The van der Waals surface area contributed by atoms with Crippen molar-refractivity contribution in [3.05, 3.63) is 18.2 Å². The van der Waals surface area contributed by atoms with Crippen LogP contribution in [0.25, 0.3) is 0 Å². The lowest BCUT2D eigenvalue weighted by molar-refractivity contribution is 0.129. The monoisotopic (exact) mass is 181 g/mol. The Bertz CT molecular complexity index is 233. The molecule has 13 heavy (non-hydrogen) atoms. The Kier molecular flexibility index (Phi) is 4.54. The molecule has 0 atom stereocenters. The SMILES string of the molecule is CCCOCCCn1c[c]nc1C. The molecule has 1 aromatic rings. The Morgan fingerprint density at radius 1 is 1.54 bits per heavy atom. The van der Waals surface area contributed by atoms with E-state index < -0.39 is 0 Å². The number of hydrogen-bond acceptors (Lipinski definition) is 2. The van der Waals surface area contributed by atoms with E-state index in [0.29, 0.717) is 0 Å². The van der Waals surface area contributed by atoms with Gasteiger partial charge in [0.1, 0.15) is 12.0 Å². The molecule has 0 aliphatic carbocycles. The fourth-order valence-electron chi connectivity index (χ4n) is 1.16. The van der Waals surface area contributed by atoms with E-state index in [1.165, 1.54) is 0 Å². The van der Waals surface area contributed by atoms with Gasteiger partial charge < -0.3 is 9.30 Å². The van der Waals surface area contributed by atoms with Gasteiger partial charge in [0, 0.05) is 26.0 Å². The normalized spacial score (nSPS) is 10.6. The summed E-state index contributed by atoms with van der Waals surface area (Å²) < 4.78 is 7.47. The summed E-state index contributed by atoms with van der Waals surface area (Å²) in [6.45, 7) is 6.80. The maximum Gasteiger partial charge on any atom is 0.109 e. The zero-order chi connectivity index (χ0) is 9.52. The molecule has 0 saturated carbocycles. The van der Waals surface area contributed by atoms with Crippen molar-refractivity contribution in [2.75, 3.05) is 13.2 Å². The highest BCUT2D eigenvalue weighted by Gasteiger charge is 1.95. The average molecular weight is 181 g/mol. The van der Waals surface area contributed by atoms with Crippen molar-refractivity contribution in [1.29, 1.82) is 0 Å². The maximum atomic E-state index is 5.38. The summed E-state index contributed by atoms with van der Waals surface area (Å²) in [6.07, 6.45) is 6.85. The molecule has 1 radical (unpaired) electrons. The fraction of sp³-hybridized carbons (Fsp3) is 0.700. The van der Waals surface area contributed by atoms with Gasteiger partial charge in [0.05, 0.1) is 0 Å². The number of imidazole rings is 1. The maximum absolute atomic E-state index is 5.38. The third kappa shape index (κ3) is 3.59. The molecule has 0 amide bonds. The van der Waals surface area contributed by atoms with Crippen molar-refractivity contribution in [3.8, 4) is 0 Å². The van der Waals surface area contributed by atoms with E-state index in [4.69, 9.17) is 4.74 Å². The molecule has 1 rings (SSSR count). The third-order valence-electron chi connectivity index (χ3n) is 1.89. The van der Waals surface area contributed by atoms with Crippen LogP contribution in [0.2, 0.25) is 0 Å². The molecule has 3 heteroatoms. The Balaban J connectivity index is 2.10. The molecule has 3 nitrogen and oxygen atoms in total. The Hall–Kier alpha value is -0.830. The molecule has 0 fully saturated rings.